The first-order chi connectivity index (χ1) is 12.5. The summed E-state index contributed by atoms with van der Waals surface area (Å²) in [4.78, 5) is 32.0. The predicted octanol–water partition coefficient (Wildman–Crippen LogP) is 3.65. The number of anilines is 1. The van der Waals surface area contributed by atoms with Crippen molar-refractivity contribution in [1.29, 1.82) is 0 Å². The number of aromatic nitrogens is 2. The maximum Gasteiger partial charge on any atom is 0.337 e. The summed E-state index contributed by atoms with van der Waals surface area (Å²) in [6.45, 7) is 1.83. The number of hydrogen-bond donors (Lipinski definition) is 2. The van der Waals surface area contributed by atoms with Crippen molar-refractivity contribution in [2.45, 2.75) is 19.8 Å². The third kappa shape index (κ3) is 3.13. The van der Waals surface area contributed by atoms with E-state index < -0.39 is 5.97 Å². The number of aryl methyl sites for hydroxylation is 1. The van der Waals surface area contributed by atoms with Crippen molar-refractivity contribution >= 4 is 28.5 Å². The highest BCUT2D eigenvalue weighted by Gasteiger charge is 2.29. The van der Waals surface area contributed by atoms with E-state index in [1.165, 1.54) is 0 Å². The number of hydrogen-bond acceptors (Lipinski definition) is 4. The molecule has 1 aromatic carbocycles. The molecular weight excluding hydrogens is 330 g/mol. The minimum atomic E-state index is -1.01. The van der Waals surface area contributed by atoms with Crippen LogP contribution in [-0.2, 0) is 4.79 Å². The first kappa shape index (κ1) is 16.2. The summed E-state index contributed by atoms with van der Waals surface area (Å²) in [6, 6.07) is 10.7. The molecule has 6 heteroatoms. The number of carbonyl (C=O) groups is 2. The minimum Gasteiger partial charge on any atom is -0.478 e. The van der Waals surface area contributed by atoms with Gasteiger partial charge in [-0.05, 0) is 49.4 Å². The third-order valence-corrected chi connectivity index (χ3v) is 4.46. The van der Waals surface area contributed by atoms with Crippen LogP contribution in [0.2, 0.25) is 0 Å². The summed E-state index contributed by atoms with van der Waals surface area (Å²) < 4.78 is 0. The molecule has 0 bridgehead atoms. The molecule has 1 saturated carbocycles. The highest BCUT2D eigenvalue weighted by molar-refractivity contribution is 5.98. The number of nitrogens with zero attached hydrogens (tertiary/aromatic N) is 2. The van der Waals surface area contributed by atoms with E-state index in [9.17, 15) is 14.7 Å². The Bertz CT molecular complexity index is 1040. The average molecular weight is 347 g/mol. The van der Waals surface area contributed by atoms with E-state index in [0.29, 0.717) is 11.5 Å². The topological polar surface area (TPSA) is 92.2 Å². The lowest BCUT2D eigenvalue weighted by Gasteiger charge is -2.09. The second-order valence-corrected chi connectivity index (χ2v) is 6.55. The predicted molar refractivity (Wildman–Crippen MR) is 98.0 cm³/mol. The normalized spacial score (nSPS) is 13.6. The van der Waals surface area contributed by atoms with E-state index in [4.69, 9.17) is 0 Å². The summed E-state index contributed by atoms with van der Waals surface area (Å²) >= 11 is 0. The van der Waals surface area contributed by atoms with E-state index in [0.717, 1.165) is 34.9 Å². The van der Waals surface area contributed by atoms with E-state index in [2.05, 4.69) is 15.3 Å². The van der Waals surface area contributed by atoms with Gasteiger partial charge in [0.2, 0.25) is 5.91 Å². The average Bonchev–Trinajstić information content (AvgIpc) is 3.46. The van der Waals surface area contributed by atoms with Gasteiger partial charge in [-0.25, -0.2) is 9.78 Å². The van der Waals surface area contributed by atoms with Gasteiger partial charge < -0.3 is 10.4 Å². The molecule has 0 atom stereocenters. The summed E-state index contributed by atoms with van der Waals surface area (Å²) in [7, 11) is 0. The van der Waals surface area contributed by atoms with E-state index >= 15 is 0 Å². The number of aromatic carboxylic acids is 1. The van der Waals surface area contributed by atoms with Gasteiger partial charge in [0.25, 0.3) is 0 Å². The molecule has 0 radical (unpaired) electrons. The fourth-order valence-electron chi connectivity index (χ4n) is 2.88. The van der Waals surface area contributed by atoms with Crippen molar-refractivity contribution < 1.29 is 14.7 Å². The molecule has 0 saturated heterocycles. The van der Waals surface area contributed by atoms with Crippen LogP contribution in [0.25, 0.3) is 22.0 Å². The number of benzene rings is 1. The Kier molecular flexibility index (Phi) is 3.88. The lowest BCUT2D eigenvalue weighted by molar-refractivity contribution is -0.117. The maximum absolute atomic E-state index is 11.9. The number of carboxylic acid groups (broad SMARTS) is 1. The molecular formula is C20H17N3O3. The molecule has 2 heterocycles. The van der Waals surface area contributed by atoms with Gasteiger partial charge in [-0.15, -0.1) is 0 Å². The van der Waals surface area contributed by atoms with Gasteiger partial charge in [-0.1, -0.05) is 12.1 Å². The van der Waals surface area contributed by atoms with E-state index in [1.54, 1.807) is 18.3 Å². The molecule has 1 aliphatic rings. The van der Waals surface area contributed by atoms with Gasteiger partial charge in [0.05, 0.1) is 11.3 Å². The van der Waals surface area contributed by atoms with Gasteiger partial charge in [0, 0.05) is 28.8 Å². The van der Waals surface area contributed by atoms with Gasteiger partial charge >= 0.3 is 5.97 Å². The van der Waals surface area contributed by atoms with Gasteiger partial charge in [-0.2, -0.15) is 0 Å². The zero-order valence-electron chi connectivity index (χ0n) is 14.2. The number of amides is 1. The standard InChI is InChI=1S/C20H17N3O3/c1-11-2-7-16(20(25)26)18(22-11)14-6-5-13-9-17(21-10-15(13)8-14)23-19(24)12-3-4-12/h2,5-10,12H,3-4H2,1H3,(H,25,26)(H,21,23,24). The number of carbonyl (C=O) groups excluding carboxylic acids is 1. The molecule has 3 aromatic rings. The van der Waals surface area contributed by atoms with Crippen molar-refractivity contribution in [3.63, 3.8) is 0 Å². The summed E-state index contributed by atoms with van der Waals surface area (Å²) in [5.41, 5.74) is 2.07. The lowest BCUT2D eigenvalue weighted by Crippen LogP contribution is -2.14. The van der Waals surface area contributed by atoms with Crippen LogP contribution in [0.1, 0.15) is 28.9 Å². The third-order valence-electron chi connectivity index (χ3n) is 4.46. The number of carboxylic acids is 1. The van der Waals surface area contributed by atoms with Crippen molar-refractivity contribution in [2.24, 2.45) is 5.92 Å². The van der Waals surface area contributed by atoms with Crippen LogP contribution in [0.15, 0.2) is 42.6 Å². The smallest absolute Gasteiger partial charge is 0.337 e. The van der Waals surface area contributed by atoms with Crippen molar-refractivity contribution in [3.8, 4) is 11.3 Å². The molecule has 0 unspecified atom stereocenters. The molecule has 2 aromatic heterocycles. The highest BCUT2D eigenvalue weighted by Crippen LogP contribution is 2.31. The lowest BCUT2D eigenvalue weighted by atomic mass is 10.0. The van der Waals surface area contributed by atoms with E-state index in [-0.39, 0.29) is 17.4 Å². The van der Waals surface area contributed by atoms with Crippen molar-refractivity contribution in [3.05, 3.63) is 53.9 Å². The molecule has 4 rings (SSSR count). The Morgan fingerprint density at radius 2 is 1.92 bits per heavy atom. The Morgan fingerprint density at radius 3 is 2.65 bits per heavy atom. The molecule has 0 aliphatic heterocycles. The van der Waals surface area contributed by atoms with Gasteiger partial charge in [-0.3, -0.25) is 9.78 Å². The molecule has 1 aliphatic carbocycles. The fourth-order valence-corrected chi connectivity index (χ4v) is 2.88. The maximum atomic E-state index is 11.9. The van der Waals surface area contributed by atoms with Crippen molar-refractivity contribution in [1.82, 2.24) is 9.97 Å². The van der Waals surface area contributed by atoms with Crippen LogP contribution < -0.4 is 5.32 Å². The molecule has 130 valence electrons. The van der Waals surface area contributed by atoms with Crippen LogP contribution in [0, 0.1) is 12.8 Å². The molecule has 26 heavy (non-hydrogen) atoms. The SMILES string of the molecule is Cc1ccc(C(=O)O)c(-c2ccc3cc(NC(=O)C4CC4)ncc3c2)n1. The van der Waals surface area contributed by atoms with Crippen LogP contribution in [-0.4, -0.2) is 27.0 Å². The Morgan fingerprint density at radius 1 is 1.12 bits per heavy atom. The van der Waals surface area contributed by atoms with Gasteiger partial charge in [0.15, 0.2) is 0 Å². The second-order valence-electron chi connectivity index (χ2n) is 6.55. The Labute approximate surface area is 149 Å². The Hall–Kier alpha value is -3.28. The fraction of sp³-hybridized carbons (Fsp3) is 0.200. The number of nitrogens with one attached hydrogen (secondary N) is 1. The molecule has 2 N–H and O–H groups in total. The van der Waals surface area contributed by atoms with Crippen LogP contribution in [0.5, 0.6) is 0 Å². The molecule has 0 spiro atoms. The zero-order valence-corrected chi connectivity index (χ0v) is 14.2. The molecule has 6 nitrogen and oxygen atoms in total. The van der Waals surface area contributed by atoms with Crippen LogP contribution >= 0.6 is 0 Å². The second kappa shape index (κ2) is 6.22. The summed E-state index contributed by atoms with van der Waals surface area (Å²) in [5, 5.41) is 14.0. The van der Waals surface area contributed by atoms with Crippen LogP contribution in [0.3, 0.4) is 0 Å². The van der Waals surface area contributed by atoms with E-state index in [1.807, 2.05) is 31.2 Å². The van der Waals surface area contributed by atoms with Crippen LogP contribution in [0.4, 0.5) is 5.82 Å². The number of rotatable bonds is 4. The monoisotopic (exact) mass is 347 g/mol. The minimum absolute atomic E-state index is 0.0172. The number of pyridine rings is 2. The Balaban J connectivity index is 1.71. The summed E-state index contributed by atoms with van der Waals surface area (Å²) in [5.74, 6) is -0.342. The summed E-state index contributed by atoms with van der Waals surface area (Å²) in [6.07, 6.45) is 3.56. The first-order valence-corrected chi connectivity index (χ1v) is 8.43. The van der Waals surface area contributed by atoms with Crippen molar-refractivity contribution in [2.75, 3.05) is 5.32 Å². The zero-order chi connectivity index (χ0) is 18.3. The largest absolute Gasteiger partial charge is 0.478 e. The first-order valence-electron chi connectivity index (χ1n) is 8.43. The quantitative estimate of drug-likeness (QED) is 0.751. The molecule has 1 amide bonds. The molecule has 1 fully saturated rings. The highest BCUT2D eigenvalue weighted by atomic mass is 16.4. The van der Waals surface area contributed by atoms with Gasteiger partial charge in [0.1, 0.15) is 5.82 Å². The number of fused-ring (bicyclic) bond motifs is 1.